The van der Waals surface area contributed by atoms with Gasteiger partial charge >= 0.3 is 0 Å². The van der Waals surface area contributed by atoms with Crippen molar-refractivity contribution in [1.82, 2.24) is 5.32 Å². The van der Waals surface area contributed by atoms with Crippen LogP contribution in [0.5, 0.6) is 0 Å². The van der Waals surface area contributed by atoms with Crippen LogP contribution in [0.3, 0.4) is 0 Å². The molecule has 1 unspecified atom stereocenters. The smallest absolute Gasteiger partial charge is 0.140 e. The Morgan fingerprint density at radius 1 is 1.64 bits per heavy atom. The Morgan fingerprint density at radius 2 is 2.43 bits per heavy atom. The summed E-state index contributed by atoms with van der Waals surface area (Å²) in [6.07, 6.45) is 6.53. The fourth-order valence-corrected chi connectivity index (χ4v) is 2.15. The lowest BCUT2D eigenvalue weighted by Gasteiger charge is -2.24. The molecule has 0 radical (unpaired) electrons. The van der Waals surface area contributed by atoms with E-state index in [1.165, 1.54) is 0 Å². The molecular formula is C12H21NO. The maximum Gasteiger partial charge on any atom is 0.140 e. The Balaban J connectivity index is 2.43. The van der Waals surface area contributed by atoms with Gasteiger partial charge in [0, 0.05) is 18.4 Å². The topological polar surface area (TPSA) is 29.1 Å². The molecule has 1 rings (SSSR count). The summed E-state index contributed by atoms with van der Waals surface area (Å²) in [5, 5.41) is 3.29. The summed E-state index contributed by atoms with van der Waals surface area (Å²) in [5.74, 6) is 0.451. The molecule has 0 spiro atoms. The van der Waals surface area contributed by atoms with Crippen molar-refractivity contribution in [3.05, 3.63) is 12.7 Å². The molecule has 0 aromatic heterocycles. The van der Waals surface area contributed by atoms with Crippen LogP contribution >= 0.6 is 0 Å². The van der Waals surface area contributed by atoms with Crippen LogP contribution in [0, 0.1) is 5.41 Å². The second-order valence-electron chi connectivity index (χ2n) is 4.16. The van der Waals surface area contributed by atoms with Crippen LogP contribution in [0.15, 0.2) is 12.7 Å². The van der Waals surface area contributed by atoms with Crippen molar-refractivity contribution in [3.63, 3.8) is 0 Å². The van der Waals surface area contributed by atoms with E-state index in [0.717, 1.165) is 45.2 Å². The zero-order valence-electron chi connectivity index (χ0n) is 9.14. The average Bonchev–Trinajstić information content (AvgIpc) is 2.67. The summed E-state index contributed by atoms with van der Waals surface area (Å²) in [6, 6.07) is 0. The van der Waals surface area contributed by atoms with Crippen molar-refractivity contribution in [2.75, 3.05) is 13.1 Å². The highest BCUT2D eigenvalue weighted by molar-refractivity contribution is 5.85. The fraction of sp³-hybridized carbons (Fsp3) is 0.750. The maximum atomic E-state index is 12.0. The minimum atomic E-state index is -0.0405. The molecule has 0 aromatic carbocycles. The monoisotopic (exact) mass is 195 g/mol. The van der Waals surface area contributed by atoms with Gasteiger partial charge in [0.05, 0.1) is 0 Å². The third-order valence-electron chi connectivity index (χ3n) is 3.32. The van der Waals surface area contributed by atoms with Crippen LogP contribution in [-0.2, 0) is 4.79 Å². The SMILES string of the molecule is C=CCCCC(=O)C1(CC)CCNC1. The van der Waals surface area contributed by atoms with Crippen LogP contribution < -0.4 is 5.32 Å². The molecule has 0 saturated carbocycles. The Labute approximate surface area is 86.8 Å². The molecule has 1 aliphatic heterocycles. The highest BCUT2D eigenvalue weighted by Crippen LogP contribution is 2.32. The summed E-state index contributed by atoms with van der Waals surface area (Å²) in [6.45, 7) is 7.68. The zero-order valence-corrected chi connectivity index (χ0v) is 9.14. The third-order valence-corrected chi connectivity index (χ3v) is 3.32. The average molecular weight is 195 g/mol. The van der Waals surface area contributed by atoms with Gasteiger partial charge in [0.2, 0.25) is 0 Å². The molecule has 1 N–H and O–H groups in total. The molecule has 1 atom stereocenters. The minimum absolute atomic E-state index is 0.0405. The predicted molar refractivity (Wildman–Crippen MR) is 59.3 cm³/mol. The van der Waals surface area contributed by atoms with Crippen LogP contribution in [-0.4, -0.2) is 18.9 Å². The van der Waals surface area contributed by atoms with E-state index in [-0.39, 0.29) is 5.41 Å². The van der Waals surface area contributed by atoms with Gasteiger partial charge in [0.1, 0.15) is 5.78 Å². The number of hydrogen-bond acceptors (Lipinski definition) is 2. The van der Waals surface area contributed by atoms with E-state index in [4.69, 9.17) is 0 Å². The van der Waals surface area contributed by atoms with Gasteiger partial charge in [-0.3, -0.25) is 4.79 Å². The van der Waals surface area contributed by atoms with Gasteiger partial charge in [-0.15, -0.1) is 6.58 Å². The van der Waals surface area contributed by atoms with Gasteiger partial charge < -0.3 is 5.32 Å². The number of allylic oxidation sites excluding steroid dienone is 1. The molecule has 80 valence electrons. The van der Waals surface area contributed by atoms with Crippen molar-refractivity contribution in [3.8, 4) is 0 Å². The second-order valence-corrected chi connectivity index (χ2v) is 4.16. The van der Waals surface area contributed by atoms with Crippen molar-refractivity contribution >= 4 is 5.78 Å². The maximum absolute atomic E-state index is 12.0. The first kappa shape index (κ1) is 11.4. The van der Waals surface area contributed by atoms with Crippen molar-refractivity contribution in [2.45, 2.75) is 39.0 Å². The number of hydrogen-bond donors (Lipinski definition) is 1. The molecule has 0 bridgehead atoms. The van der Waals surface area contributed by atoms with Gasteiger partial charge in [0.15, 0.2) is 0 Å². The van der Waals surface area contributed by atoms with E-state index in [2.05, 4.69) is 18.8 Å². The minimum Gasteiger partial charge on any atom is -0.316 e. The first-order chi connectivity index (χ1) is 6.75. The predicted octanol–water partition coefficient (Wildman–Crippen LogP) is 2.30. The number of rotatable bonds is 6. The molecule has 1 aliphatic rings. The van der Waals surface area contributed by atoms with Crippen molar-refractivity contribution in [2.24, 2.45) is 5.41 Å². The van der Waals surface area contributed by atoms with Crippen LogP contribution in [0.4, 0.5) is 0 Å². The molecule has 0 amide bonds. The standard InChI is InChI=1S/C12H21NO/c1-3-5-6-7-11(14)12(4-2)8-9-13-10-12/h3,13H,1,4-10H2,2H3. The second kappa shape index (κ2) is 5.30. The summed E-state index contributed by atoms with van der Waals surface area (Å²) in [5.41, 5.74) is -0.0405. The molecule has 1 fully saturated rings. The lowest BCUT2D eigenvalue weighted by atomic mass is 9.78. The lowest BCUT2D eigenvalue weighted by molar-refractivity contribution is -0.128. The molecular weight excluding hydrogens is 174 g/mol. The first-order valence-corrected chi connectivity index (χ1v) is 5.60. The van der Waals surface area contributed by atoms with Crippen LogP contribution in [0.2, 0.25) is 0 Å². The molecule has 2 nitrogen and oxygen atoms in total. The summed E-state index contributed by atoms with van der Waals surface area (Å²) in [4.78, 5) is 12.0. The Kier molecular flexibility index (Phi) is 4.33. The normalized spacial score (nSPS) is 26.4. The van der Waals surface area contributed by atoms with Gasteiger partial charge in [-0.1, -0.05) is 13.0 Å². The number of carbonyl (C=O) groups is 1. The largest absolute Gasteiger partial charge is 0.316 e. The van der Waals surface area contributed by atoms with E-state index in [1.54, 1.807) is 0 Å². The number of unbranched alkanes of at least 4 members (excludes halogenated alkanes) is 1. The Hall–Kier alpha value is -0.630. The summed E-state index contributed by atoms with van der Waals surface area (Å²) in [7, 11) is 0. The fourth-order valence-electron chi connectivity index (χ4n) is 2.15. The van der Waals surface area contributed by atoms with Gasteiger partial charge in [-0.25, -0.2) is 0 Å². The molecule has 2 heteroatoms. The first-order valence-electron chi connectivity index (χ1n) is 5.60. The van der Waals surface area contributed by atoms with E-state index < -0.39 is 0 Å². The number of Topliss-reactive ketones (excluding diaryl/α,β-unsaturated/α-hetero) is 1. The van der Waals surface area contributed by atoms with Gasteiger partial charge in [-0.2, -0.15) is 0 Å². The number of nitrogens with one attached hydrogen (secondary N) is 1. The molecule has 1 heterocycles. The third kappa shape index (κ3) is 2.44. The van der Waals surface area contributed by atoms with E-state index in [9.17, 15) is 4.79 Å². The molecule has 0 aromatic rings. The molecule has 14 heavy (non-hydrogen) atoms. The van der Waals surface area contributed by atoms with Gasteiger partial charge in [-0.05, 0) is 32.2 Å². The van der Waals surface area contributed by atoms with Gasteiger partial charge in [0.25, 0.3) is 0 Å². The summed E-state index contributed by atoms with van der Waals surface area (Å²) < 4.78 is 0. The summed E-state index contributed by atoms with van der Waals surface area (Å²) >= 11 is 0. The highest BCUT2D eigenvalue weighted by Gasteiger charge is 2.38. The van der Waals surface area contributed by atoms with E-state index in [1.807, 2.05) is 6.08 Å². The lowest BCUT2D eigenvalue weighted by Crippen LogP contribution is -2.32. The Bertz CT molecular complexity index is 204. The zero-order chi connectivity index (χ0) is 10.4. The van der Waals surface area contributed by atoms with E-state index in [0.29, 0.717) is 5.78 Å². The quantitative estimate of drug-likeness (QED) is 0.520. The van der Waals surface area contributed by atoms with Crippen molar-refractivity contribution < 1.29 is 4.79 Å². The van der Waals surface area contributed by atoms with E-state index >= 15 is 0 Å². The number of carbonyl (C=O) groups excluding carboxylic acids is 1. The van der Waals surface area contributed by atoms with Crippen LogP contribution in [0.25, 0.3) is 0 Å². The van der Waals surface area contributed by atoms with Crippen molar-refractivity contribution in [1.29, 1.82) is 0 Å². The molecule has 0 aliphatic carbocycles. The number of ketones is 1. The van der Waals surface area contributed by atoms with Crippen LogP contribution in [0.1, 0.15) is 39.0 Å². The highest BCUT2D eigenvalue weighted by atomic mass is 16.1. The molecule has 1 saturated heterocycles. The Morgan fingerprint density at radius 3 is 2.93 bits per heavy atom.